The molecule has 0 aliphatic rings. The molecule has 82 heavy (non-hydrogen) atoms. The molecule has 0 aliphatic carbocycles. The van der Waals surface area contributed by atoms with Crippen molar-refractivity contribution in [1.29, 1.82) is 10.5 Å². The molecule has 0 unspecified atom stereocenters. The third kappa shape index (κ3) is 13.5. The second-order valence-electron chi connectivity index (χ2n) is 17.6. The van der Waals surface area contributed by atoms with E-state index in [1.807, 2.05) is 170 Å². The molecule has 0 amide bonds. The van der Waals surface area contributed by atoms with E-state index < -0.39 is 64.8 Å². The van der Waals surface area contributed by atoms with E-state index in [1.54, 1.807) is 6.07 Å². The van der Waals surface area contributed by atoms with Gasteiger partial charge in [-0.15, -0.1) is 0 Å². The van der Waals surface area contributed by atoms with E-state index in [0.717, 1.165) is 44.5 Å². The highest BCUT2D eigenvalue weighted by atomic mass is 35.5. The minimum atomic E-state index is -1.24. The van der Waals surface area contributed by atoms with Gasteiger partial charge < -0.3 is 9.68 Å². The molecule has 391 valence electrons. The molecule has 10 aromatic carbocycles. The van der Waals surface area contributed by atoms with Gasteiger partial charge in [-0.3, -0.25) is 0 Å². The van der Waals surface area contributed by atoms with Gasteiger partial charge in [0.25, 0.3) is 0 Å². The maximum absolute atomic E-state index is 14.6. The van der Waals surface area contributed by atoms with Crippen LogP contribution >= 0.6 is 11.6 Å². The summed E-state index contributed by atoms with van der Waals surface area (Å²) in [6, 6.07) is 70.8. The lowest BCUT2D eigenvalue weighted by Crippen LogP contribution is -2.00. The van der Waals surface area contributed by atoms with Crippen LogP contribution in [-0.2, 0) is 0 Å². The smallest absolute Gasteiger partial charge is 0.537 e. The fourth-order valence-electron chi connectivity index (χ4n) is 8.27. The van der Waals surface area contributed by atoms with Crippen molar-refractivity contribution in [2.24, 2.45) is 0 Å². The summed E-state index contributed by atoms with van der Waals surface area (Å²) in [5.74, 6) is -1.40. The fraction of sp³-hybridized carbons (Fsp3) is 0. The van der Waals surface area contributed by atoms with Gasteiger partial charge in [0.05, 0.1) is 19.4 Å². The summed E-state index contributed by atoms with van der Waals surface area (Å²) in [4.78, 5) is 27.2. The first-order chi connectivity index (χ1) is 42.7. The van der Waals surface area contributed by atoms with Gasteiger partial charge in [-0.05, 0) is 92.4 Å². The van der Waals surface area contributed by atoms with Crippen molar-refractivity contribution in [2.45, 2.75) is 0 Å². The largest absolute Gasteiger partial charge is 0.569 e. The van der Waals surface area contributed by atoms with E-state index in [2.05, 4.69) is 78.1 Å². The Morgan fingerprint density at radius 2 is 0.634 bits per heavy atom. The highest BCUT2D eigenvalue weighted by Crippen LogP contribution is 2.31. The molecular formula is C68H43BClF2N8O2. The molecule has 0 saturated heterocycles. The van der Waals surface area contributed by atoms with Crippen molar-refractivity contribution < 1.29 is 26.7 Å². The van der Waals surface area contributed by atoms with Gasteiger partial charge in [0.1, 0.15) is 29.5 Å². The number of halogens is 3. The SMILES string of the molecule is Clc1nc(-c2ccc(-c3ccccc3)cc2)nc(-c2ccc(-c3ccccc3)cc2)n1.[2H]c1c([2H])c(-c2nc(-c3ccc(-c4ccccc4)cc3)nc(-c3ccc(-c4ccccc4)cc3)n2)c([2H])c(C#N)c1F.[2H]c1c([2H])c(O[B]O)c([2H])c(C#N)c1F. The van der Waals surface area contributed by atoms with Crippen LogP contribution in [0.2, 0.25) is 5.28 Å². The van der Waals surface area contributed by atoms with Crippen molar-refractivity contribution >= 4 is 19.3 Å². The molecule has 0 spiro atoms. The molecule has 12 rings (SSSR count). The molecule has 0 atom stereocenters. The quantitative estimate of drug-likeness (QED) is 0.124. The van der Waals surface area contributed by atoms with E-state index in [1.165, 1.54) is 17.2 Å². The van der Waals surface area contributed by atoms with Crippen molar-refractivity contribution in [2.75, 3.05) is 0 Å². The van der Waals surface area contributed by atoms with Crippen LogP contribution in [0.1, 0.15) is 19.4 Å². The monoisotopic (exact) mass is 1090 g/mol. The van der Waals surface area contributed by atoms with E-state index >= 15 is 0 Å². The van der Waals surface area contributed by atoms with Gasteiger partial charge in [-0.1, -0.05) is 218 Å². The van der Waals surface area contributed by atoms with Crippen LogP contribution in [0.4, 0.5) is 8.78 Å². The second-order valence-corrected chi connectivity index (χ2v) is 17.9. The lowest BCUT2D eigenvalue weighted by molar-refractivity contribution is 0.452. The normalized spacial score (nSPS) is 11.4. The number of benzene rings is 10. The van der Waals surface area contributed by atoms with Crippen LogP contribution in [0.15, 0.2) is 255 Å². The number of hydrogen-bond acceptors (Lipinski definition) is 10. The van der Waals surface area contributed by atoms with Gasteiger partial charge in [-0.25, -0.2) is 28.7 Å². The Morgan fingerprint density at radius 3 is 0.951 bits per heavy atom. The highest BCUT2D eigenvalue weighted by molar-refractivity contribution is 6.28. The predicted molar refractivity (Wildman–Crippen MR) is 318 cm³/mol. The van der Waals surface area contributed by atoms with Crippen LogP contribution in [-0.4, -0.2) is 42.6 Å². The summed E-state index contributed by atoms with van der Waals surface area (Å²) in [5, 5.41) is 26.5. The van der Waals surface area contributed by atoms with Crippen LogP contribution in [0.5, 0.6) is 5.75 Å². The average Bonchev–Trinajstić information content (AvgIpc) is 2.85. The summed E-state index contributed by atoms with van der Waals surface area (Å²) in [5.41, 5.74) is 10.3. The summed E-state index contributed by atoms with van der Waals surface area (Å²) < 4.78 is 78.7. The predicted octanol–water partition coefficient (Wildman–Crippen LogP) is 16.0. The number of nitriles is 2. The first-order valence-electron chi connectivity index (χ1n) is 28.1. The average molecular weight is 1090 g/mol. The zero-order valence-corrected chi connectivity index (χ0v) is 43.7. The minimum Gasteiger partial charge on any atom is -0.537 e. The lowest BCUT2D eigenvalue weighted by atomic mass is 10.0. The van der Waals surface area contributed by atoms with Gasteiger partial charge in [0.2, 0.25) is 5.28 Å². The molecule has 0 aliphatic heterocycles. The maximum Gasteiger partial charge on any atom is 0.569 e. The Hall–Kier alpha value is -10.8. The van der Waals surface area contributed by atoms with Gasteiger partial charge in [0, 0.05) is 27.8 Å². The minimum absolute atomic E-state index is 0.0886. The van der Waals surface area contributed by atoms with Crippen LogP contribution in [0.25, 0.3) is 101 Å². The van der Waals surface area contributed by atoms with Gasteiger partial charge in [-0.2, -0.15) is 20.5 Å². The Labute approximate surface area is 486 Å². The summed E-state index contributed by atoms with van der Waals surface area (Å²) in [6.45, 7) is 0. The molecule has 1 N–H and O–H groups in total. The number of aromatic nitrogens is 6. The Bertz CT molecular complexity index is 4360. The molecule has 1 radical (unpaired) electrons. The fourth-order valence-corrected chi connectivity index (χ4v) is 8.43. The van der Waals surface area contributed by atoms with Crippen molar-refractivity contribution in [1.82, 2.24) is 29.9 Å². The zero-order valence-electron chi connectivity index (χ0n) is 48.9. The molecule has 0 saturated carbocycles. The summed E-state index contributed by atoms with van der Waals surface area (Å²) >= 11 is 6.24. The van der Waals surface area contributed by atoms with Crippen molar-refractivity contribution in [3.8, 4) is 119 Å². The third-order valence-electron chi connectivity index (χ3n) is 12.4. The first-order valence-corrected chi connectivity index (χ1v) is 25.5. The topological polar surface area (TPSA) is 154 Å². The van der Waals surface area contributed by atoms with E-state index in [0.29, 0.717) is 22.8 Å². The third-order valence-corrected chi connectivity index (χ3v) is 12.5. The molecule has 14 heteroatoms. The van der Waals surface area contributed by atoms with E-state index in [4.69, 9.17) is 35.1 Å². The Morgan fingerprint density at radius 1 is 0.366 bits per heavy atom. The van der Waals surface area contributed by atoms with Crippen LogP contribution in [0, 0.1) is 34.3 Å². The molecular weight excluding hydrogens is 1050 g/mol. The van der Waals surface area contributed by atoms with Crippen molar-refractivity contribution in [3.05, 3.63) is 283 Å². The molecule has 2 aromatic heterocycles. The van der Waals surface area contributed by atoms with E-state index in [-0.39, 0.29) is 36.0 Å². The maximum atomic E-state index is 14.6. The van der Waals surface area contributed by atoms with Crippen molar-refractivity contribution in [3.63, 3.8) is 0 Å². The summed E-state index contributed by atoms with van der Waals surface area (Å²) in [6.07, 6.45) is 0. The molecule has 0 fully saturated rings. The molecule has 0 bridgehead atoms. The molecule has 12 aromatic rings. The first kappa shape index (κ1) is 47.2. The Kier molecular flexibility index (Phi) is 15.1. The van der Waals surface area contributed by atoms with E-state index in [9.17, 15) is 14.0 Å². The standard InChI is InChI=1S/C34H21FN4.C27H18ClN3.C7H4BFNO2/c35-31-20-19-29(21-30(31)22-36)34-38-32(27-15-11-25(12-16-27)23-7-3-1-4-8-23)37-33(39-34)28-17-13-26(14-18-28)24-9-5-2-6-10-24;28-27-30-25(23-15-11-21(12-16-23)19-7-3-1-4-8-19)29-26(31-27)24-17-13-22(14-18-24)20-9-5-2-6-10-20;9-7-2-1-6(12-8-11)3-5(7)4-10/h1-21H;1-18H;1-3,11H/i19D,20D,21D;;1D,2D,3D. The molecule has 2 heterocycles. The summed E-state index contributed by atoms with van der Waals surface area (Å²) in [7, 11) is 0.198. The lowest BCUT2D eigenvalue weighted by Gasteiger charge is -2.10. The second kappa shape index (κ2) is 26.2. The highest BCUT2D eigenvalue weighted by Gasteiger charge is 2.16. The van der Waals surface area contributed by atoms with Gasteiger partial charge >= 0.3 is 7.69 Å². The zero-order chi connectivity index (χ0) is 61.8. The van der Waals surface area contributed by atoms with Crippen LogP contribution in [0.3, 0.4) is 0 Å². The number of nitrogens with zero attached hydrogens (tertiary/aromatic N) is 8. The number of hydrogen-bond donors (Lipinski definition) is 1. The molecule has 10 nitrogen and oxygen atoms in total. The Balaban J connectivity index is 0.000000162. The van der Waals surface area contributed by atoms with Crippen LogP contribution < -0.4 is 4.65 Å². The van der Waals surface area contributed by atoms with Gasteiger partial charge in [0.15, 0.2) is 29.1 Å². The number of rotatable bonds is 11.